The van der Waals surface area contributed by atoms with E-state index in [4.69, 9.17) is 0 Å². The van der Waals surface area contributed by atoms with Gasteiger partial charge in [0.2, 0.25) is 0 Å². The fraction of sp³-hybridized carbons (Fsp3) is 0.714. The molecule has 2 unspecified atom stereocenters. The zero-order valence-electron chi connectivity index (χ0n) is 10.6. The van der Waals surface area contributed by atoms with Crippen molar-refractivity contribution in [3.63, 3.8) is 0 Å². The molecule has 0 saturated heterocycles. The van der Waals surface area contributed by atoms with E-state index in [2.05, 4.69) is 38.2 Å². The van der Waals surface area contributed by atoms with E-state index >= 15 is 0 Å². The Morgan fingerprint density at radius 2 is 1.88 bits per heavy atom. The highest BCUT2D eigenvalue weighted by Gasteiger charge is 2.23. The molecule has 1 nitrogen and oxygen atoms in total. The first-order valence-corrected chi connectivity index (χ1v) is 7.24. The van der Waals surface area contributed by atoms with Gasteiger partial charge in [-0.3, -0.25) is 0 Å². The number of hydrogen-bond acceptors (Lipinski definition) is 2. The van der Waals surface area contributed by atoms with E-state index in [9.17, 15) is 0 Å². The molecule has 0 radical (unpaired) electrons. The zero-order chi connectivity index (χ0) is 11.5. The Balaban J connectivity index is 1.81. The van der Waals surface area contributed by atoms with Crippen LogP contribution in [0.5, 0.6) is 0 Å². The van der Waals surface area contributed by atoms with Crippen LogP contribution in [0, 0.1) is 18.8 Å². The molecule has 1 aliphatic rings. The molecule has 1 N–H and O–H groups in total. The van der Waals surface area contributed by atoms with Gasteiger partial charge in [-0.15, -0.1) is 11.3 Å². The van der Waals surface area contributed by atoms with Gasteiger partial charge in [0.1, 0.15) is 0 Å². The van der Waals surface area contributed by atoms with Gasteiger partial charge in [-0.25, -0.2) is 0 Å². The molecule has 2 rings (SSSR count). The first-order chi connectivity index (χ1) is 7.63. The molecule has 1 fully saturated rings. The second-order valence-corrected chi connectivity index (χ2v) is 6.88. The molecule has 1 aliphatic carbocycles. The summed E-state index contributed by atoms with van der Waals surface area (Å²) in [6.45, 7) is 8.01. The summed E-state index contributed by atoms with van der Waals surface area (Å²) in [5.41, 5.74) is 0. The van der Waals surface area contributed by atoms with Gasteiger partial charge in [-0.1, -0.05) is 13.8 Å². The molecule has 1 heterocycles. The smallest absolute Gasteiger partial charge is 0.0302 e. The summed E-state index contributed by atoms with van der Waals surface area (Å²) < 4.78 is 0. The fourth-order valence-electron chi connectivity index (χ4n) is 2.94. The van der Waals surface area contributed by atoms with Crippen LogP contribution in [0.2, 0.25) is 0 Å². The Morgan fingerprint density at radius 3 is 2.44 bits per heavy atom. The van der Waals surface area contributed by atoms with Crippen LogP contribution in [0.4, 0.5) is 0 Å². The van der Waals surface area contributed by atoms with Crippen molar-refractivity contribution in [2.24, 2.45) is 11.8 Å². The van der Waals surface area contributed by atoms with Crippen LogP contribution < -0.4 is 5.32 Å². The van der Waals surface area contributed by atoms with Crippen molar-refractivity contribution in [3.8, 4) is 0 Å². The molecule has 1 saturated carbocycles. The quantitative estimate of drug-likeness (QED) is 0.838. The molecule has 0 aliphatic heterocycles. The Bertz CT molecular complexity index is 321. The SMILES string of the molecule is Cc1ccc(CNC2CC(C)CC(C)C2)s1. The topological polar surface area (TPSA) is 12.0 Å². The maximum absolute atomic E-state index is 3.72. The van der Waals surface area contributed by atoms with Crippen LogP contribution in [0.1, 0.15) is 42.9 Å². The lowest BCUT2D eigenvalue weighted by Crippen LogP contribution is -2.35. The van der Waals surface area contributed by atoms with Gasteiger partial charge in [-0.05, 0) is 50.2 Å². The van der Waals surface area contributed by atoms with Crippen molar-refractivity contribution in [1.29, 1.82) is 0 Å². The summed E-state index contributed by atoms with van der Waals surface area (Å²) >= 11 is 1.92. The van der Waals surface area contributed by atoms with E-state index in [0.717, 1.165) is 24.4 Å². The van der Waals surface area contributed by atoms with Crippen molar-refractivity contribution in [2.45, 2.75) is 52.6 Å². The van der Waals surface area contributed by atoms with Gasteiger partial charge < -0.3 is 5.32 Å². The lowest BCUT2D eigenvalue weighted by Gasteiger charge is -2.32. The molecule has 2 heteroatoms. The number of nitrogens with one attached hydrogen (secondary N) is 1. The van der Waals surface area contributed by atoms with E-state index in [-0.39, 0.29) is 0 Å². The Hall–Kier alpha value is -0.340. The van der Waals surface area contributed by atoms with E-state index in [0.29, 0.717) is 0 Å². The Morgan fingerprint density at radius 1 is 1.19 bits per heavy atom. The minimum absolute atomic E-state index is 0.737. The third kappa shape index (κ3) is 3.33. The highest BCUT2D eigenvalue weighted by molar-refractivity contribution is 7.11. The van der Waals surface area contributed by atoms with Crippen molar-refractivity contribution in [1.82, 2.24) is 5.32 Å². The number of thiophene rings is 1. The molecule has 0 bridgehead atoms. The summed E-state index contributed by atoms with van der Waals surface area (Å²) in [5.74, 6) is 1.79. The molecule has 0 aromatic carbocycles. The average Bonchev–Trinajstić information content (AvgIpc) is 2.60. The van der Waals surface area contributed by atoms with Gasteiger partial charge in [0.25, 0.3) is 0 Å². The van der Waals surface area contributed by atoms with E-state index in [1.54, 1.807) is 0 Å². The molecular formula is C14H23NS. The molecule has 0 amide bonds. The van der Waals surface area contributed by atoms with Crippen LogP contribution in [0.25, 0.3) is 0 Å². The van der Waals surface area contributed by atoms with Crippen LogP contribution in [-0.4, -0.2) is 6.04 Å². The van der Waals surface area contributed by atoms with Gasteiger partial charge >= 0.3 is 0 Å². The Labute approximate surface area is 103 Å². The van der Waals surface area contributed by atoms with E-state index in [1.165, 1.54) is 29.0 Å². The summed E-state index contributed by atoms with van der Waals surface area (Å²) in [4.78, 5) is 2.89. The first kappa shape index (κ1) is 12.1. The molecule has 1 aromatic rings. The predicted molar refractivity (Wildman–Crippen MR) is 71.9 cm³/mol. The second-order valence-electron chi connectivity index (χ2n) is 5.51. The monoisotopic (exact) mass is 237 g/mol. The largest absolute Gasteiger partial charge is 0.309 e. The van der Waals surface area contributed by atoms with Gasteiger partial charge in [0.15, 0.2) is 0 Å². The number of rotatable bonds is 3. The van der Waals surface area contributed by atoms with Gasteiger partial charge in [-0.2, -0.15) is 0 Å². The minimum atomic E-state index is 0.737. The standard InChI is InChI=1S/C14H23NS/c1-10-6-11(2)8-13(7-10)15-9-14-5-4-12(3)16-14/h4-5,10-11,13,15H,6-9H2,1-3H3. The first-order valence-electron chi connectivity index (χ1n) is 6.42. The lowest BCUT2D eigenvalue weighted by atomic mass is 9.80. The van der Waals surface area contributed by atoms with Crippen LogP contribution in [0.3, 0.4) is 0 Å². The molecule has 1 aromatic heterocycles. The van der Waals surface area contributed by atoms with Gasteiger partial charge in [0, 0.05) is 22.3 Å². The normalized spacial score (nSPS) is 30.6. The maximum atomic E-state index is 3.72. The fourth-order valence-corrected chi connectivity index (χ4v) is 3.78. The molecular weight excluding hydrogens is 214 g/mol. The third-order valence-corrected chi connectivity index (χ3v) is 4.54. The van der Waals surface area contributed by atoms with E-state index < -0.39 is 0 Å². The molecule has 16 heavy (non-hydrogen) atoms. The number of aryl methyl sites for hydroxylation is 1. The van der Waals surface area contributed by atoms with E-state index in [1.807, 2.05) is 11.3 Å². The van der Waals surface area contributed by atoms with Gasteiger partial charge in [0.05, 0.1) is 0 Å². The molecule has 2 atom stereocenters. The van der Waals surface area contributed by atoms with Crippen LogP contribution >= 0.6 is 11.3 Å². The summed E-state index contributed by atoms with van der Waals surface area (Å²) in [7, 11) is 0. The van der Waals surface area contributed by atoms with Crippen molar-refractivity contribution in [3.05, 3.63) is 21.9 Å². The lowest BCUT2D eigenvalue weighted by molar-refractivity contribution is 0.238. The molecule has 90 valence electrons. The van der Waals surface area contributed by atoms with Crippen molar-refractivity contribution < 1.29 is 0 Å². The average molecular weight is 237 g/mol. The summed E-state index contributed by atoms with van der Waals surface area (Å²) in [6, 6.07) is 5.21. The number of hydrogen-bond donors (Lipinski definition) is 1. The maximum Gasteiger partial charge on any atom is 0.0302 e. The summed E-state index contributed by atoms with van der Waals surface area (Å²) in [6.07, 6.45) is 4.12. The van der Waals surface area contributed by atoms with Crippen molar-refractivity contribution in [2.75, 3.05) is 0 Å². The van der Waals surface area contributed by atoms with Crippen LogP contribution in [-0.2, 0) is 6.54 Å². The van der Waals surface area contributed by atoms with Crippen LogP contribution in [0.15, 0.2) is 12.1 Å². The third-order valence-electron chi connectivity index (χ3n) is 3.54. The Kier molecular flexibility index (Phi) is 4.04. The minimum Gasteiger partial charge on any atom is -0.309 e. The highest BCUT2D eigenvalue weighted by Crippen LogP contribution is 2.28. The highest BCUT2D eigenvalue weighted by atomic mass is 32.1. The second kappa shape index (κ2) is 5.33. The predicted octanol–water partition coefficient (Wildman–Crippen LogP) is 3.97. The van der Waals surface area contributed by atoms with Crippen molar-refractivity contribution >= 4 is 11.3 Å². The molecule has 0 spiro atoms. The summed E-state index contributed by atoms with van der Waals surface area (Å²) in [5, 5.41) is 3.72. The zero-order valence-corrected chi connectivity index (χ0v) is 11.4.